The Bertz CT molecular complexity index is 140. The summed E-state index contributed by atoms with van der Waals surface area (Å²) in [6, 6.07) is 0. The molecule has 0 amide bonds. The average molecular weight is 203 g/mol. The summed E-state index contributed by atoms with van der Waals surface area (Å²) in [7, 11) is 0. The molecule has 0 aromatic heterocycles. The van der Waals surface area contributed by atoms with Crippen LogP contribution in [0, 0.1) is 0 Å². The quantitative estimate of drug-likeness (QED) is 0.677. The molecule has 3 N–H and O–H groups in total. The highest BCUT2D eigenvalue weighted by Gasteiger charge is 2.21. The topological polar surface area (TPSA) is 72.6 Å². The van der Waals surface area contributed by atoms with Gasteiger partial charge in [-0.3, -0.25) is 0 Å². The molecule has 1 rings (SSSR count). The molecule has 84 valence electrons. The first kappa shape index (κ1) is 13.4. The van der Waals surface area contributed by atoms with Gasteiger partial charge in [-0.15, -0.1) is 0 Å². The lowest BCUT2D eigenvalue weighted by atomic mass is 10.2. The first-order valence-electron chi connectivity index (χ1n) is 5.26. The molecule has 1 fully saturated rings. The normalized spacial score (nSPS) is 20.0. The number of ether oxygens (including phenoxy) is 1. The number of nitrogens with two attached hydrogens (primary N) is 1. The Hall–Kier alpha value is -0.610. The standard InChI is InChI=1S/C5H13N.C5H8O3/c1-2-3-4-5-6;6-5(7)4-2-1-3-8-4/h2-6H2,1H3;4H,1-3H2,(H,6,7). The predicted octanol–water partition coefficient (Wildman–Crippen LogP) is 1.39. The number of unbranched alkanes of at least 4 members (excludes halogenated alkanes) is 2. The Morgan fingerprint density at radius 1 is 1.57 bits per heavy atom. The van der Waals surface area contributed by atoms with Crippen molar-refractivity contribution >= 4 is 5.97 Å². The average Bonchev–Trinajstić information content (AvgIpc) is 2.68. The van der Waals surface area contributed by atoms with Gasteiger partial charge in [-0.2, -0.15) is 0 Å². The Morgan fingerprint density at radius 3 is 2.50 bits per heavy atom. The molecule has 0 aliphatic carbocycles. The summed E-state index contributed by atoms with van der Waals surface area (Å²) < 4.78 is 4.81. The van der Waals surface area contributed by atoms with E-state index in [0.717, 1.165) is 13.0 Å². The monoisotopic (exact) mass is 203 g/mol. The number of hydrogen-bond acceptors (Lipinski definition) is 3. The van der Waals surface area contributed by atoms with Crippen LogP contribution in [0.15, 0.2) is 0 Å². The zero-order chi connectivity index (χ0) is 10.8. The van der Waals surface area contributed by atoms with Gasteiger partial charge in [0, 0.05) is 6.61 Å². The Balaban J connectivity index is 0.000000255. The van der Waals surface area contributed by atoms with Crippen LogP contribution >= 0.6 is 0 Å². The van der Waals surface area contributed by atoms with Gasteiger partial charge in [-0.25, -0.2) is 4.79 Å². The fourth-order valence-corrected chi connectivity index (χ4v) is 1.17. The molecule has 1 atom stereocenters. The van der Waals surface area contributed by atoms with Gasteiger partial charge in [0.05, 0.1) is 0 Å². The summed E-state index contributed by atoms with van der Waals surface area (Å²) >= 11 is 0. The lowest BCUT2D eigenvalue weighted by molar-refractivity contribution is -0.147. The van der Waals surface area contributed by atoms with Gasteiger partial charge in [0.15, 0.2) is 6.10 Å². The number of aliphatic carboxylic acids is 1. The van der Waals surface area contributed by atoms with Gasteiger partial charge >= 0.3 is 5.97 Å². The minimum atomic E-state index is -0.831. The van der Waals surface area contributed by atoms with Crippen LogP contribution in [0.3, 0.4) is 0 Å². The van der Waals surface area contributed by atoms with Crippen LogP contribution in [0.1, 0.15) is 39.0 Å². The first-order valence-corrected chi connectivity index (χ1v) is 5.26. The summed E-state index contributed by atoms with van der Waals surface area (Å²) in [4.78, 5) is 10.1. The van der Waals surface area contributed by atoms with E-state index >= 15 is 0 Å². The molecule has 0 spiro atoms. The SMILES string of the molecule is CCCCCN.O=C(O)C1CCCO1. The van der Waals surface area contributed by atoms with E-state index in [1.54, 1.807) is 0 Å². The predicted molar refractivity (Wildman–Crippen MR) is 55.2 cm³/mol. The largest absolute Gasteiger partial charge is 0.479 e. The van der Waals surface area contributed by atoms with Crippen LogP contribution in [0.4, 0.5) is 0 Å². The van der Waals surface area contributed by atoms with Crippen LogP contribution in [0.25, 0.3) is 0 Å². The Kier molecular flexibility index (Phi) is 8.57. The molecule has 1 unspecified atom stereocenters. The maximum atomic E-state index is 10.1. The number of hydrogen-bond donors (Lipinski definition) is 2. The smallest absolute Gasteiger partial charge is 0.332 e. The third-order valence-corrected chi connectivity index (χ3v) is 2.01. The highest BCUT2D eigenvalue weighted by Crippen LogP contribution is 2.10. The van der Waals surface area contributed by atoms with Crippen molar-refractivity contribution in [2.24, 2.45) is 5.73 Å². The van der Waals surface area contributed by atoms with E-state index in [2.05, 4.69) is 6.92 Å². The first-order chi connectivity index (χ1) is 6.72. The minimum Gasteiger partial charge on any atom is -0.479 e. The minimum absolute atomic E-state index is 0.519. The van der Waals surface area contributed by atoms with Gasteiger partial charge in [0.25, 0.3) is 0 Å². The molecule has 1 heterocycles. The van der Waals surface area contributed by atoms with Gasteiger partial charge in [0.2, 0.25) is 0 Å². The summed E-state index contributed by atoms with van der Waals surface area (Å²) in [5, 5.41) is 8.29. The number of carboxylic acids is 1. The van der Waals surface area contributed by atoms with Gasteiger partial charge in [-0.1, -0.05) is 19.8 Å². The van der Waals surface area contributed by atoms with Crippen molar-refractivity contribution in [2.45, 2.75) is 45.1 Å². The molecule has 0 aromatic rings. The van der Waals surface area contributed by atoms with Gasteiger partial charge < -0.3 is 15.6 Å². The Labute approximate surface area is 85.4 Å². The molecule has 0 aromatic carbocycles. The molecule has 14 heavy (non-hydrogen) atoms. The molecular formula is C10H21NO3. The maximum Gasteiger partial charge on any atom is 0.332 e. The maximum absolute atomic E-state index is 10.1. The van der Waals surface area contributed by atoms with Crippen molar-refractivity contribution in [2.75, 3.05) is 13.2 Å². The van der Waals surface area contributed by atoms with E-state index in [0.29, 0.717) is 13.0 Å². The molecule has 0 radical (unpaired) electrons. The second kappa shape index (κ2) is 8.97. The third kappa shape index (κ3) is 6.86. The lowest BCUT2D eigenvalue weighted by Crippen LogP contribution is -2.17. The molecule has 1 saturated heterocycles. The molecular weight excluding hydrogens is 182 g/mol. The van der Waals surface area contributed by atoms with Crippen molar-refractivity contribution in [1.82, 2.24) is 0 Å². The van der Waals surface area contributed by atoms with Crippen LogP contribution in [0.2, 0.25) is 0 Å². The summed E-state index contributed by atoms with van der Waals surface area (Å²) in [6.45, 7) is 3.64. The van der Waals surface area contributed by atoms with Crippen molar-refractivity contribution < 1.29 is 14.6 Å². The number of carbonyl (C=O) groups is 1. The lowest BCUT2D eigenvalue weighted by Gasteiger charge is -1.98. The van der Waals surface area contributed by atoms with E-state index in [9.17, 15) is 4.79 Å². The van der Waals surface area contributed by atoms with E-state index < -0.39 is 12.1 Å². The van der Waals surface area contributed by atoms with Gasteiger partial charge in [0.1, 0.15) is 0 Å². The number of rotatable bonds is 4. The third-order valence-electron chi connectivity index (χ3n) is 2.01. The zero-order valence-corrected chi connectivity index (χ0v) is 8.87. The van der Waals surface area contributed by atoms with Crippen LogP contribution in [0.5, 0.6) is 0 Å². The molecule has 1 aliphatic rings. The highest BCUT2D eigenvalue weighted by molar-refractivity contribution is 5.72. The van der Waals surface area contributed by atoms with Crippen LogP contribution < -0.4 is 5.73 Å². The molecule has 4 nitrogen and oxygen atoms in total. The van der Waals surface area contributed by atoms with E-state index in [1.807, 2.05) is 0 Å². The van der Waals surface area contributed by atoms with E-state index in [1.165, 1.54) is 19.3 Å². The Morgan fingerprint density at radius 2 is 2.29 bits per heavy atom. The van der Waals surface area contributed by atoms with Crippen molar-refractivity contribution in [3.05, 3.63) is 0 Å². The van der Waals surface area contributed by atoms with Gasteiger partial charge in [-0.05, 0) is 25.8 Å². The second-order valence-corrected chi connectivity index (χ2v) is 3.34. The summed E-state index contributed by atoms with van der Waals surface area (Å²) in [5.41, 5.74) is 5.21. The van der Waals surface area contributed by atoms with Crippen LogP contribution in [-0.4, -0.2) is 30.3 Å². The van der Waals surface area contributed by atoms with Crippen molar-refractivity contribution in [3.63, 3.8) is 0 Å². The van der Waals surface area contributed by atoms with E-state index in [-0.39, 0.29) is 0 Å². The second-order valence-electron chi connectivity index (χ2n) is 3.34. The van der Waals surface area contributed by atoms with Crippen molar-refractivity contribution in [1.29, 1.82) is 0 Å². The molecule has 0 bridgehead atoms. The highest BCUT2D eigenvalue weighted by atomic mass is 16.5. The number of carboxylic acid groups (broad SMARTS) is 1. The summed E-state index contributed by atoms with van der Waals surface area (Å²) in [5.74, 6) is -0.831. The fourth-order valence-electron chi connectivity index (χ4n) is 1.17. The van der Waals surface area contributed by atoms with Crippen molar-refractivity contribution in [3.8, 4) is 0 Å². The molecule has 4 heteroatoms. The van der Waals surface area contributed by atoms with E-state index in [4.69, 9.17) is 15.6 Å². The molecule has 1 aliphatic heterocycles. The fraction of sp³-hybridized carbons (Fsp3) is 0.900. The molecule has 0 saturated carbocycles. The van der Waals surface area contributed by atoms with Crippen LogP contribution in [-0.2, 0) is 9.53 Å². The summed E-state index contributed by atoms with van der Waals surface area (Å²) in [6.07, 6.45) is 4.80. The zero-order valence-electron chi connectivity index (χ0n) is 8.87.